The summed E-state index contributed by atoms with van der Waals surface area (Å²) in [6.07, 6.45) is -3.48. The number of phosphoric acid groups is 2. The second-order valence-electron chi connectivity index (χ2n) is 8.86. The fourth-order valence-electron chi connectivity index (χ4n) is 3.83. The van der Waals surface area contributed by atoms with Crippen molar-refractivity contribution in [2.24, 2.45) is 0 Å². The smallest absolute Gasteiger partial charge is 0.746 e. The molecule has 23 heteroatoms. The fourth-order valence-corrected chi connectivity index (χ4v) is 5.56. The van der Waals surface area contributed by atoms with Crippen LogP contribution in [0.1, 0.15) is 18.2 Å². The van der Waals surface area contributed by atoms with Crippen molar-refractivity contribution in [1.82, 2.24) is 9.55 Å². The molecule has 2 unspecified atom stereocenters. The van der Waals surface area contributed by atoms with Gasteiger partial charge >= 0.3 is 80.4 Å². The van der Waals surface area contributed by atoms with E-state index in [-0.39, 0.29) is 94.0 Å². The number of aromatic nitrogens is 2. The number of aryl methyl sites for hydroxylation is 1. The van der Waals surface area contributed by atoms with E-state index in [0.29, 0.717) is 0 Å². The van der Waals surface area contributed by atoms with E-state index in [1.165, 1.54) is 6.92 Å². The van der Waals surface area contributed by atoms with E-state index in [2.05, 4.69) is 4.98 Å². The second kappa shape index (κ2) is 16.1. The summed E-state index contributed by atoms with van der Waals surface area (Å²) in [6.45, 7) is 0.509. The largest absolute Gasteiger partial charge is 1.00 e. The van der Waals surface area contributed by atoms with Gasteiger partial charge in [-0.25, -0.2) is 4.79 Å². The van der Waals surface area contributed by atoms with Gasteiger partial charge in [-0.15, -0.1) is 0 Å². The molecule has 1 aliphatic heterocycles. The van der Waals surface area contributed by atoms with Crippen molar-refractivity contribution in [3.05, 3.63) is 101 Å². The first-order valence-corrected chi connectivity index (χ1v) is 14.9. The summed E-state index contributed by atoms with van der Waals surface area (Å²) in [5, 5.41) is 21.6. The van der Waals surface area contributed by atoms with Crippen molar-refractivity contribution in [3.63, 3.8) is 0 Å². The molecule has 0 radical (unpaired) electrons. The Bertz CT molecular complexity index is 1740. The number of phosphoric ester groups is 2. The number of hydrogen-bond donors (Lipinski definition) is 1. The average molecular weight is 688 g/mol. The van der Waals surface area contributed by atoms with E-state index in [4.69, 9.17) is 22.8 Å². The van der Waals surface area contributed by atoms with Gasteiger partial charge in [-0.1, -0.05) is 0 Å². The molecule has 1 fully saturated rings. The molecule has 1 aliphatic rings. The van der Waals surface area contributed by atoms with Gasteiger partial charge in [-0.2, -0.15) is 0 Å². The van der Waals surface area contributed by atoms with E-state index in [0.717, 1.165) is 59.3 Å². The van der Waals surface area contributed by atoms with Crippen LogP contribution in [0.3, 0.4) is 0 Å². The number of hydrogen-bond acceptors (Lipinski definition) is 15. The maximum atomic E-state index is 12.7. The Morgan fingerprint density at radius 1 is 0.911 bits per heavy atom. The van der Waals surface area contributed by atoms with Gasteiger partial charge in [0.25, 0.3) is 16.9 Å². The summed E-state index contributed by atoms with van der Waals surface area (Å²) in [5.41, 5.74) is -2.15. The summed E-state index contributed by atoms with van der Waals surface area (Å²) in [7, 11) is -10.4. The van der Waals surface area contributed by atoms with Crippen molar-refractivity contribution in [2.75, 3.05) is 6.61 Å². The minimum Gasteiger partial charge on any atom is -0.746 e. The second-order valence-corrected chi connectivity index (χ2v) is 11.5. The molecule has 0 amide bonds. The first kappa shape index (κ1) is 39.0. The maximum absolute atomic E-state index is 12.7. The zero-order valence-electron chi connectivity index (χ0n) is 23.7. The van der Waals surface area contributed by atoms with Crippen LogP contribution < -0.4 is 89.2 Å². The Balaban J connectivity index is 0.00000353. The van der Waals surface area contributed by atoms with Crippen LogP contribution in [0.25, 0.3) is 0 Å². The minimum absolute atomic E-state index is 0. The van der Waals surface area contributed by atoms with E-state index < -0.39 is 61.8 Å². The first-order valence-electron chi connectivity index (χ1n) is 11.9. The molecular formula is C22H20N4Na2O15P2. The summed E-state index contributed by atoms with van der Waals surface area (Å²) in [4.78, 5) is 71.5. The number of rotatable bonds is 12. The van der Waals surface area contributed by atoms with E-state index in [1.54, 1.807) is 0 Å². The summed E-state index contributed by atoms with van der Waals surface area (Å²) in [5.74, 6) is -0.655. The van der Waals surface area contributed by atoms with Gasteiger partial charge in [0.2, 0.25) is 0 Å². The van der Waals surface area contributed by atoms with Crippen LogP contribution in [-0.2, 0) is 22.9 Å². The number of non-ortho nitro benzene ring substituents is 2. The number of nitro groups is 2. The molecule has 2 aromatic carbocycles. The topological polar surface area (TPSA) is 268 Å². The van der Waals surface area contributed by atoms with Crippen LogP contribution in [0.2, 0.25) is 0 Å². The molecule has 3 aromatic rings. The van der Waals surface area contributed by atoms with Crippen molar-refractivity contribution in [1.29, 1.82) is 0 Å². The third-order valence-electron chi connectivity index (χ3n) is 5.83. The molecule has 0 aliphatic carbocycles. The minimum atomic E-state index is -5.25. The fraction of sp³-hybridized carbons (Fsp3) is 0.273. The van der Waals surface area contributed by atoms with Gasteiger partial charge in [0.15, 0.2) is 0 Å². The molecule has 0 spiro atoms. The van der Waals surface area contributed by atoms with Crippen molar-refractivity contribution in [2.45, 2.75) is 31.8 Å². The molecule has 0 bridgehead atoms. The van der Waals surface area contributed by atoms with Crippen LogP contribution in [-0.4, -0.2) is 38.2 Å². The molecule has 5 atom stereocenters. The zero-order chi connectivity index (χ0) is 31.5. The van der Waals surface area contributed by atoms with Crippen LogP contribution >= 0.6 is 15.6 Å². The number of H-pyrrole nitrogens is 1. The number of nitro benzene ring substituents is 2. The first-order chi connectivity index (χ1) is 20.1. The normalized spacial score (nSPS) is 20.0. The number of aromatic amines is 1. The summed E-state index contributed by atoms with van der Waals surface area (Å²) in [6, 6.07) is 7.99. The van der Waals surface area contributed by atoms with Gasteiger partial charge in [0, 0.05) is 42.4 Å². The van der Waals surface area contributed by atoms with E-state index in [9.17, 15) is 48.7 Å². The Labute approximate surface area is 296 Å². The molecule has 1 saturated heterocycles. The van der Waals surface area contributed by atoms with Crippen LogP contribution in [0, 0.1) is 27.2 Å². The number of nitrogens with zero attached hydrogens (tertiary/aromatic N) is 3. The molecular weight excluding hydrogens is 668 g/mol. The Morgan fingerprint density at radius 3 is 1.89 bits per heavy atom. The number of nitrogens with one attached hydrogen (secondary N) is 1. The van der Waals surface area contributed by atoms with Crippen LogP contribution in [0.4, 0.5) is 11.4 Å². The predicted molar refractivity (Wildman–Crippen MR) is 138 cm³/mol. The maximum Gasteiger partial charge on any atom is 1.00 e. The Kier molecular flexibility index (Phi) is 13.9. The molecule has 0 saturated carbocycles. The Hall–Kier alpha value is -2.22. The van der Waals surface area contributed by atoms with Crippen LogP contribution in [0.5, 0.6) is 11.5 Å². The molecule has 19 nitrogen and oxygen atoms in total. The SMILES string of the molecule is Cc1cn([C@H]2C[C@H](OP(=O)([O-])Oc3ccc([N+](=O)[O-])cc3)[C@@H](COP(=O)([O-])Oc3ccc([N+](=O)[O-])cc3)O2)c(=O)[nH]c1=O.[Na+].[Na+]. The van der Waals surface area contributed by atoms with Gasteiger partial charge in [0.1, 0.15) is 23.8 Å². The van der Waals surface area contributed by atoms with Gasteiger partial charge in [0.05, 0.1) is 22.6 Å². The van der Waals surface area contributed by atoms with E-state index in [1.807, 2.05) is 0 Å². The van der Waals surface area contributed by atoms with Crippen LogP contribution in [0.15, 0.2) is 64.3 Å². The van der Waals surface area contributed by atoms with E-state index >= 15 is 0 Å². The molecule has 2 heterocycles. The quantitative estimate of drug-likeness (QED) is 0.0813. The Morgan fingerprint density at radius 2 is 1.40 bits per heavy atom. The number of benzene rings is 2. The molecule has 1 N–H and O–H groups in total. The standard InChI is InChI=1S/C22H22N4O15P2.2Na/c1-13-11-24(22(28)23-21(13)27)20-10-18(41-43(35,36)40-17-8-4-15(5-9-17)26(31)32)19(38-20)12-37-42(33,34)39-16-6-2-14(3-7-16)25(29)30;;/h2-9,11,18-20H,10,12H2,1H3,(H,33,34)(H,35,36)(H,23,27,28);;/q;2*+1/p-2/t18-,19+,20+;;/m0../s1. The molecule has 230 valence electrons. The van der Waals surface area contributed by atoms with Gasteiger partial charge in [-0.05, 0) is 31.2 Å². The third kappa shape index (κ3) is 10.7. The zero-order valence-corrected chi connectivity index (χ0v) is 29.5. The number of ether oxygens (including phenoxy) is 1. The summed E-state index contributed by atoms with van der Waals surface area (Å²) >= 11 is 0. The van der Waals surface area contributed by atoms with Crippen molar-refractivity contribution in [3.8, 4) is 11.5 Å². The molecule has 4 rings (SSSR count). The molecule has 45 heavy (non-hydrogen) atoms. The average Bonchev–Trinajstić information content (AvgIpc) is 3.31. The predicted octanol–water partition coefficient (Wildman–Crippen LogP) is -4.55. The van der Waals surface area contributed by atoms with Gasteiger partial charge < -0.3 is 32.6 Å². The van der Waals surface area contributed by atoms with Crippen molar-refractivity contribution >= 4 is 27.0 Å². The monoisotopic (exact) mass is 688 g/mol. The molecule has 1 aromatic heterocycles. The van der Waals surface area contributed by atoms with Crippen molar-refractivity contribution < 1.29 is 111 Å². The van der Waals surface area contributed by atoms with Gasteiger partial charge in [-0.3, -0.25) is 43.7 Å². The summed E-state index contributed by atoms with van der Waals surface area (Å²) < 4.78 is 51.3. The third-order valence-corrected chi connectivity index (χ3v) is 7.69.